The Morgan fingerprint density at radius 1 is 0.833 bits per heavy atom. The molecule has 4 atom stereocenters. The molecule has 1 aliphatic rings. The van der Waals surface area contributed by atoms with Crippen molar-refractivity contribution in [2.45, 2.75) is 164 Å². The van der Waals surface area contributed by atoms with Gasteiger partial charge in [0.05, 0.1) is 0 Å². The van der Waals surface area contributed by atoms with Gasteiger partial charge in [0.1, 0.15) is 0 Å². The third kappa shape index (κ3) is 7.83. The zero-order valence-corrected chi connectivity index (χ0v) is 22.5. The molecule has 2 unspecified atom stereocenters. The molecule has 1 aliphatic carbocycles. The van der Waals surface area contributed by atoms with Gasteiger partial charge < -0.3 is 5.73 Å². The average molecular weight is 422 g/mol. The van der Waals surface area contributed by atoms with Crippen molar-refractivity contribution in [1.82, 2.24) is 0 Å². The van der Waals surface area contributed by atoms with Crippen molar-refractivity contribution in [2.24, 2.45) is 27.9 Å². The molecule has 2 N–H and O–H groups in total. The first kappa shape index (κ1) is 28.0. The molecule has 0 aromatic heterocycles. The maximum absolute atomic E-state index is 7.04. The SMILES string of the molecule is CCCCC1(C)CCCCC(C)(CCCCCC(C)(CC)CC)[C@@H](C)CC[C@]1(C)N. The maximum Gasteiger partial charge on any atom is 0.0180 e. The summed E-state index contributed by atoms with van der Waals surface area (Å²) in [4.78, 5) is 0. The normalized spacial score (nSPS) is 34.1. The van der Waals surface area contributed by atoms with Gasteiger partial charge in [0.15, 0.2) is 0 Å². The van der Waals surface area contributed by atoms with Gasteiger partial charge in [-0.15, -0.1) is 0 Å². The summed E-state index contributed by atoms with van der Waals surface area (Å²) in [7, 11) is 0. The fourth-order valence-electron chi connectivity index (χ4n) is 5.95. The first-order valence-electron chi connectivity index (χ1n) is 13.8. The summed E-state index contributed by atoms with van der Waals surface area (Å²) in [6.45, 7) is 19.5. The smallest absolute Gasteiger partial charge is 0.0180 e. The quantitative estimate of drug-likeness (QED) is 0.330. The van der Waals surface area contributed by atoms with Crippen molar-refractivity contribution in [3.63, 3.8) is 0 Å². The lowest BCUT2D eigenvalue weighted by molar-refractivity contribution is 0.0695. The summed E-state index contributed by atoms with van der Waals surface area (Å²) in [5.74, 6) is 0.783. The van der Waals surface area contributed by atoms with E-state index in [9.17, 15) is 0 Å². The molecule has 1 rings (SSSR count). The van der Waals surface area contributed by atoms with Crippen LogP contribution in [-0.2, 0) is 0 Å². The van der Waals surface area contributed by atoms with Crippen LogP contribution in [0, 0.1) is 22.2 Å². The zero-order valence-electron chi connectivity index (χ0n) is 22.5. The molecule has 1 heteroatoms. The molecule has 30 heavy (non-hydrogen) atoms. The number of hydrogen-bond donors (Lipinski definition) is 1. The van der Waals surface area contributed by atoms with E-state index in [0.29, 0.717) is 16.2 Å². The third-order valence-corrected chi connectivity index (χ3v) is 10.2. The van der Waals surface area contributed by atoms with Crippen molar-refractivity contribution in [2.75, 3.05) is 0 Å². The van der Waals surface area contributed by atoms with Crippen LogP contribution in [0.3, 0.4) is 0 Å². The third-order valence-electron chi connectivity index (χ3n) is 10.2. The van der Waals surface area contributed by atoms with Gasteiger partial charge in [-0.3, -0.25) is 0 Å². The molecule has 0 heterocycles. The molecule has 1 nitrogen and oxygen atoms in total. The van der Waals surface area contributed by atoms with E-state index < -0.39 is 0 Å². The summed E-state index contributed by atoms with van der Waals surface area (Å²) in [6.07, 6.45) is 21.6. The summed E-state index contributed by atoms with van der Waals surface area (Å²) >= 11 is 0. The van der Waals surface area contributed by atoms with Crippen molar-refractivity contribution >= 4 is 0 Å². The Labute approximate surface area is 191 Å². The standard InChI is InChI=1S/C29H59N/c1-9-12-22-28(7)23-17-16-21-27(6,25(4)18-24-29(28,8)30)20-15-13-14-19-26(5,10-2)11-3/h25H,9-24,30H2,1-8H3/t25-,27?,28?,29-/m0/s1. The highest BCUT2D eigenvalue weighted by Crippen LogP contribution is 2.48. The van der Waals surface area contributed by atoms with Crippen molar-refractivity contribution in [3.05, 3.63) is 0 Å². The van der Waals surface area contributed by atoms with E-state index >= 15 is 0 Å². The lowest BCUT2D eigenvalue weighted by Gasteiger charge is -2.48. The second kappa shape index (κ2) is 12.3. The highest BCUT2D eigenvalue weighted by Gasteiger charge is 2.42. The summed E-state index contributed by atoms with van der Waals surface area (Å²) in [6, 6.07) is 0. The maximum atomic E-state index is 7.04. The summed E-state index contributed by atoms with van der Waals surface area (Å²) < 4.78 is 0. The van der Waals surface area contributed by atoms with Crippen molar-refractivity contribution in [3.8, 4) is 0 Å². The van der Waals surface area contributed by atoms with E-state index in [4.69, 9.17) is 5.73 Å². The number of unbranched alkanes of at least 4 members (excludes halogenated alkanes) is 3. The molecular formula is C29H59N. The fraction of sp³-hybridized carbons (Fsp3) is 1.00. The van der Waals surface area contributed by atoms with E-state index in [0.717, 1.165) is 5.92 Å². The Hall–Kier alpha value is -0.0400. The molecule has 0 saturated heterocycles. The zero-order chi connectivity index (χ0) is 22.9. The van der Waals surface area contributed by atoms with Gasteiger partial charge in [-0.1, -0.05) is 106 Å². The van der Waals surface area contributed by atoms with Gasteiger partial charge in [0.25, 0.3) is 0 Å². The highest BCUT2D eigenvalue weighted by molar-refractivity contribution is 4.98. The van der Waals surface area contributed by atoms with E-state index in [-0.39, 0.29) is 5.54 Å². The second-order valence-corrected chi connectivity index (χ2v) is 12.5. The Balaban J connectivity index is 2.65. The molecule has 1 saturated carbocycles. The van der Waals surface area contributed by atoms with E-state index in [1.54, 1.807) is 0 Å². The Bertz CT molecular complexity index is 463. The Morgan fingerprint density at radius 2 is 1.47 bits per heavy atom. The first-order valence-corrected chi connectivity index (χ1v) is 13.8. The molecule has 0 amide bonds. The van der Waals surface area contributed by atoms with Crippen molar-refractivity contribution < 1.29 is 0 Å². The predicted octanol–water partition coefficient (Wildman–Crippen LogP) is 9.67. The molecule has 0 aromatic carbocycles. The largest absolute Gasteiger partial charge is 0.325 e. The van der Waals surface area contributed by atoms with Crippen LogP contribution in [0.2, 0.25) is 0 Å². The molecule has 1 fully saturated rings. The predicted molar refractivity (Wildman–Crippen MR) is 137 cm³/mol. The summed E-state index contributed by atoms with van der Waals surface area (Å²) in [5.41, 5.74) is 8.40. The minimum atomic E-state index is -0.0283. The minimum absolute atomic E-state index is 0.0283. The van der Waals surface area contributed by atoms with Crippen LogP contribution < -0.4 is 5.73 Å². The molecular weight excluding hydrogens is 362 g/mol. The van der Waals surface area contributed by atoms with Gasteiger partial charge in [-0.25, -0.2) is 0 Å². The van der Waals surface area contributed by atoms with Gasteiger partial charge >= 0.3 is 0 Å². The van der Waals surface area contributed by atoms with E-state index in [1.807, 2.05) is 0 Å². The molecule has 0 bridgehead atoms. The Morgan fingerprint density at radius 3 is 2.07 bits per heavy atom. The first-order chi connectivity index (χ1) is 14.0. The molecule has 180 valence electrons. The van der Waals surface area contributed by atoms with Crippen molar-refractivity contribution in [1.29, 1.82) is 0 Å². The van der Waals surface area contributed by atoms with Gasteiger partial charge in [-0.05, 0) is 74.0 Å². The van der Waals surface area contributed by atoms with Crippen LogP contribution in [0.1, 0.15) is 158 Å². The van der Waals surface area contributed by atoms with Crippen LogP contribution in [0.4, 0.5) is 0 Å². The lowest BCUT2D eigenvalue weighted by atomic mass is 9.60. The molecule has 0 aromatic rings. The van der Waals surface area contributed by atoms with Crippen LogP contribution in [-0.4, -0.2) is 5.54 Å². The van der Waals surface area contributed by atoms with Crippen LogP contribution >= 0.6 is 0 Å². The molecule has 0 spiro atoms. The number of rotatable bonds is 11. The van der Waals surface area contributed by atoms with E-state index in [2.05, 4.69) is 55.4 Å². The number of nitrogens with two attached hydrogens (primary N) is 1. The topological polar surface area (TPSA) is 26.0 Å². The fourth-order valence-corrected chi connectivity index (χ4v) is 5.95. The Kier molecular flexibility index (Phi) is 11.4. The molecule has 0 aliphatic heterocycles. The highest BCUT2D eigenvalue weighted by atomic mass is 14.8. The van der Waals surface area contributed by atoms with Gasteiger partial charge in [-0.2, -0.15) is 0 Å². The second-order valence-electron chi connectivity index (χ2n) is 12.5. The van der Waals surface area contributed by atoms with Crippen LogP contribution in [0.25, 0.3) is 0 Å². The number of hydrogen-bond acceptors (Lipinski definition) is 1. The van der Waals surface area contributed by atoms with Gasteiger partial charge in [0, 0.05) is 5.54 Å². The summed E-state index contributed by atoms with van der Waals surface area (Å²) in [5, 5.41) is 0. The van der Waals surface area contributed by atoms with Gasteiger partial charge in [0.2, 0.25) is 0 Å². The average Bonchev–Trinajstić information content (AvgIpc) is 2.72. The minimum Gasteiger partial charge on any atom is -0.325 e. The van der Waals surface area contributed by atoms with E-state index in [1.165, 1.54) is 103 Å². The monoisotopic (exact) mass is 421 g/mol. The lowest BCUT2D eigenvalue weighted by Crippen LogP contribution is -2.52. The molecule has 0 radical (unpaired) electrons. The van der Waals surface area contributed by atoms with Crippen LogP contribution in [0.15, 0.2) is 0 Å². The van der Waals surface area contributed by atoms with Crippen LogP contribution in [0.5, 0.6) is 0 Å².